The molecule has 0 spiro atoms. The van der Waals surface area contributed by atoms with E-state index in [-0.39, 0.29) is 35.1 Å². The summed E-state index contributed by atoms with van der Waals surface area (Å²) in [6.07, 6.45) is 4.35. The largest absolute Gasteiger partial charge is 0.387 e. The Bertz CT molecular complexity index is 1500. The molecule has 42 heavy (non-hydrogen) atoms. The molecule has 0 bridgehead atoms. The summed E-state index contributed by atoms with van der Waals surface area (Å²) in [6, 6.07) is 7.05. The van der Waals surface area contributed by atoms with E-state index in [9.17, 15) is 47.0 Å². The van der Waals surface area contributed by atoms with Crippen LogP contribution >= 0.6 is 0 Å². The Morgan fingerprint density at radius 2 is 1.00 bits per heavy atom. The molecule has 14 heteroatoms. The van der Waals surface area contributed by atoms with Gasteiger partial charge in [-0.25, -0.2) is 0 Å². The van der Waals surface area contributed by atoms with E-state index in [2.05, 4.69) is 10.6 Å². The SMILES string of the molecule is CC1(C)CC(NCCCCCCNC2=C(C#N)/C(=C(\C#N)S(=O)(=O)O)CC(C)(C)C2)=C(C#N)/C(=C(\C#N)S(=O)(=O)O)C1. The van der Waals surface area contributed by atoms with Crippen molar-refractivity contribution in [2.45, 2.75) is 79.1 Å². The van der Waals surface area contributed by atoms with Crippen molar-refractivity contribution >= 4 is 20.2 Å². The van der Waals surface area contributed by atoms with E-state index in [0.717, 1.165) is 25.7 Å². The molecule has 0 aromatic carbocycles. The molecule has 0 amide bonds. The Labute approximate surface area is 248 Å². The van der Waals surface area contributed by atoms with Crippen LogP contribution in [0.1, 0.15) is 79.1 Å². The molecule has 226 valence electrons. The monoisotopic (exact) mass is 616 g/mol. The van der Waals surface area contributed by atoms with Gasteiger partial charge in [-0.05, 0) is 49.4 Å². The van der Waals surface area contributed by atoms with Crippen molar-refractivity contribution in [3.63, 3.8) is 0 Å². The van der Waals surface area contributed by atoms with E-state index < -0.39 is 40.9 Å². The van der Waals surface area contributed by atoms with Gasteiger partial charge in [0.05, 0.1) is 11.1 Å². The standard InChI is InChI=1S/C28H36N6O6S2/c1-27(2)11-19(25(17-31)41(35,36)37)21(15-29)23(13-27)33-9-7-5-6-8-10-34-24-14-28(3,4)12-20(22(24)16-30)26(18-32)42(38,39)40/h33-34H,5-14H2,1-4H3,(H,35,36,37)(H,38,39,40)/b25-19+,26-20+. The number of nitriles is 4. The number of hydrogen-bond acceptors (Lipinski definition) is 10. The molecule has 0 saturated heterocycles. The lowest BCUT2D eigenvalue weighted by Crippen LogP contribution is -2.29. The summed E-state index contributed by atoms with van der Waals surface area (Å²) in [5, 5.41) is 44.6. The molecule has 4 N–H and O–H groups in total. The van der Waals surface area contributed by atoms with Gasteiger partial charge in [-0.3, -0.25) is 9.11 Å². The highest BCUT2D eigenvalue weighted by atomic mass is 32.2. The third kappa shape index (κ3) is 8.92. The van der Waals surface area contributed by atoms with Crippen LogP contribution in [-0.4, -0.2) is 39.0 Å². The average molecular weight is 617 g/mol. The van der Waals surface area contributed by atoms with Gasteiger partial charge >= 0.3 is 20.2 Å². The third-order valence-corrected chi connectivity index (χ3v) is 8.81. The summed E-state index contributed by atoms with van der Waals surface area (Å²) in [4.78, 5) is -1.61. The molecule has 0 aliphatic heterocycles. The Morgan fingerprint density at radius 3 is 1.26 bits per heavy atom. The normalized spacial score (nSPS) is 20.9. The Balaban J connectivity index is 2.03. The minimum atomic E-state index is -4.78. The highest BCUT2D eigenvalue weighted by Crippen LogP contribution is 2.43. The molecule has 0 fully saturated rings. The maximum Gasteiger partial charge on any atom is 0.305 e. The van der Waals surface area contributed by atoms with E-state index in [4.69, 9.17) is 0 Å². The molecule has 0 aromatic heterocycles. The highest BCUT2D eigenvalue weighted by Gasteiger charge is 2.36. The van der Waals surface area contributed by atoms with Crippen LogP contribution in [0.3, 0.4) is 0 Å². The molecule has 0 heterocycles. The maximum absolute atomic E-state index is 11.7. The minimum Gasteiger partial charge on any atom is -0.387 e. The second-order valence-electron chi connectivity index (χ2n) is 12.0. The fourth-order valence-corrected chi connectivity index (χ4v) is 6.56. The summed E-state index contributed by atoms with van der Waals surface area (Å²) in [6.45, 7) is 8.56. The van der Waals surface area contributed by atoms with Gasteiger partial charge in [-0.2, -0.15) is 37.9 Å². The average Bonchev–Trinajstić information content (AvgIpc) is 2.83. The molecule has 2 aliphatic rings. The lowest BCUT2D eigenvalue weighted by atomic mass is 9.74. The van der Waals surface area contributed by atoms with Crippen LogP contribution in [0.5, 0.6) is 0 Å². The van der Waals surface area contributed by atoms with Gasteiger partial charge < -0.3 is 10.6 Å². The molecule has 2 rings (SSSR count). The summed E-state index contributed by atoms with van der Waals surface area (Å²) < 4.78 is 66.0. The van der Waals surface area contributed by atoms with Crippen molar-refractivity contribution in [1.82, 2.24) is 10.6 Å². The summed E-state index contributed by atoms with van der Waals surface area (Å²) in [7, 11) is -9.56. The Hall–Kier alpha value is -3.66. The number of hydrogen-bond donors (Lipinski definition) is 4. The van der Waals surface area contributed by atoms with Crippen molar-refractivity contribution in [3.05, 3.63) is 43.5 Å². The fraction of sp³-hybridized carbons (Fsp3) is 0.571. The zero-order chi connectivity index (χ0) is 31.9. The van der Waals surface area contributed by atoms with Crippen molar-refractivity contribution in [1.29, 1.82) is 21.0 Å². The molecule has 0 saturated carbocycles. The summed E-state index contributed by atoms with van der Waals surface area (Å²) in [5.74, 6) is 0. The van der Waals surface area contributed by atoms with Gasteiger partial charge in [0, 0.05) is 35.6 Å². The van der Waals surface area contributed by atoms with Crippen LogP contribution in [0.2, 0.25) is 0 Å². The maximum atomic E-state index is 11.7. The van der Waals surface area contributed by atoms with Gasteiger partial charge in [0.25, 0.3) is 0 Å². The molecule has 12 nitrogen and oxygen atoms in total. The second-order valence-corrected chi connectivity index (χ2v) is 14.7. The molecule has 2 aliphatic carbocycles. The van der Waals surface area contributed by atoms with Crippen molar-refractivity contribution < 1.29 is 25.9 Å². The first-order valence-electron chi connectivity index (χ1n) is 13.4. The predicted molar refractivity (Wildman–Crippen MR) is 154 cm³/mol. The first kappa shape index (κ1) is 34.5. The molecule has 0 unspecified atom stereocenters. The number of unbranched alkanes of at least 4 members (excludes halogenated alkanes) is 3. The zero-order valence-electron chi connectivity index (χ0n) is 24.2. The van der Waals surface area contributed by atoms with Crippen molar-refractivity contribution in [3.8, 4) is 24.3 Å². The topological polar surface area (TPSA) is 228 Å². The van der Waals surface area contributed by atoms with E-state index in [1.54, 1.807) is 0 Å². The minimum absolute atomic E-state index is 0.0146. The Kier molecular flexibility index (Phi) is 11.1. The smallest absolute Gasteiger partial charge is 0.305 e. The Morgan fingerprint density at radius 1 is 0.667 bits per heavy atom. The lowest BCUT2D eigenvalue weighted by Gasteiger charge is -2.34. The number of nitrogens with zero attached hydrogens (tertiary/aromatic N) is 4. The zero-order valence-corrected chi connectivity index (χ0v) is 25.8. The van der Waals surface area contributed by atoms with Crippen LogP contribution in [0, 0.1) is 56.2 Å². The van der Waals surface area contributed by atoms with E-state index in [1.165, 1.54) is 12.1 Å². The van der Waals surface area contributed by atoms with Gasteiger partial charge in [-0.15, -0.1) is 0 Å². The fourth-order valence-electron chi connectivity index (χ4n) is 5.36. The van der Waals surface area contributed by atoms with Gasteiger partial charge in [0.15, 0.2) is 9.81 Å². The molecular formula is C28H36N6O6S2. The van der Waals surface area contributed by atoms with Crippen LogP contribution < -0.4 is 10.6 Å². The summed E-state index contributed by atoms with van der Waals surface area (Å²) in [5.41, 5.74) is 0.336. The van der Waals surface area contributed by atoms with Crippen molar-refractivity contribution in [2.75, 3.05) is 13.1 Å². The van der Waals surface area contributed by atoms with Crippen molar-refractivity contribution in [2.24, 2.45) is 10.8 Å². The van der Waals surface area contributed by atoms with E-state index >= 15 is 0 Å². The predicted octanol–water partition coefficient (Wildman–Crippen LogP) is 4.25. The highest BCUT2D eigenvalue weighted by molar-refractivity contribution is 7.90. The number of allylic oxidation sites excluding steroid dienone is 8. The third-order valence-electron chi connectivity index (χ3n) is 7.10. The first-order valence-corrected chi connectivity index (χ1v) is 16.3. The lowest BCUT2D eigenvalue weighted by molar-refractivity contribution is 0.336. The van der Waals surface area contributed by atoms with Gasteiger partial charge in [-0.1, -0.05) is 40.5 Å². The second kappa shape index (κ2) is 13.5. The van der Waals surface area contributed by atoms with Gasteiger partial charge in [0.2, 0.25) is 0 Å². The van der Waals surface area contributed by atoms with Gasteiger partial charge in [0.1, 0.15) is 24.3 Å². The molecule has 0 atom stereocenters. The first-order chi connectivity index (χ1) is 19.4. The van der Waals surface area contributed by atoms with Crippen LogP contribution in [0.4, 0.5) is 0 Å². The molecular weight excluding hydrogens is 580 g/mol. The molecule has 0 aromatic rings. The van der Waals surface area contributed by atoms with Crippen LogP contribution in [0.25, 0.3) is 0 Å². The van der Waals surface area contributed by atoms with Crippen LogP contribution in [-0.2, 0) is 20.2 Å². The van der Waals surface area contributed by atoms with E-state index in [0.29, 0.717) is 37.3 Å². The number of nitrogens with one attached hydrogen (secondary N) is 2. The number of rotatable bonds is 11. The molecule has 0 radical (unpaired) electrons. The quantitative estimate of drug-likeness (QED) is 0.145. The van der Waals surface area contributed by atoms with E-state index in [1.807, 2.05) is 39.8 Å². The van der Waals surface area contributed by atoms with Crippen LogP contribution in [0.15, 0.2) is 43.5 Å². The summed E-state index contributed by atoms with van der Waals surface area (Å²) >= 11 is 0.